The summed E-state index contributed by atoms with van der Waals surface area (Å²) in [6, 6.07) is 13.0. The van der Waals surface area contributed by atoms with E-state index in [1.807, 2.05) is 60.7 Å². The molecule has 74 heavy (non-hydrogen) atoms. The van der Waals surface area contributed by atoms with Crippen molar-refractivity contribution in [3.63, 3.8) is 0 Å². The van der Waals surface area contributed by atoms with Gasteiger partial charge in [0, 0.05) is 88.9 Å². The largest absolute Gasteiger partial charge is 0.394 e. The third-order valence-electron chi connectivity index (χ3n) is 17.0. The van der Waals surface area contributed by atoms with E-state index in [-0.39, 0.29) is 60.6 Å². The molecular weight excluding hydrogens is 945 g/mol. The maximum atomic E-state index is 14.6. The molecule has 5 fully saturated rings. The van der Waals surface area contributed by atoms with Crippen LogP contribution in [0.2, 0.25) is 0 Å². The highest BCUT2D eigenvalue weighted by molar-refractivity contribution is 5.92. The summed E-state index contributed by atoms with van der Waals surface area (Å²) in [5.41, 5.74) is 1.70. The number of nitrogens with zero attached hydrogens (tertiary/aromatic N) is 4. The number of aliphatic hydroxyl groups excluding tert-OH is 2. The number of hydrogen-bond donors (Lipinski definition) is 6. The van der Waals surface area contributed by atoms with Crippen molar-refractivity contribution >= 4 is 47.3 Å². The number of rotatable bonds is 6. The number of hydrogen-bond acceptors (Lipinski definition) is 10. The molecule has 4 saturated carbocycles. The second-order valence-corrected chi connectivity index (χ2v) is 21.9. The van der Waals surface area contributed by atoms with Crippen molar-refractivity contribution in [2.75, 3.05) is 41.4 Å². The van der Waals surface area contributed by atoms with Crippen LogP contribution in [0, 0.1) is 23.7 Å². The first-order valence-corrected chi connectivity index (χ1v) is 27.1. The molecule has 6 N–H and O–H groups in total. The van der Waals surface area contributed by atoms with Gasteiger partial charge in [0.1, 0.15) is 24.2 Å². The van der Waals surface area contributed by atoms with E-state index in [2.05, 4.69) is 21.3 Å². The Morgan fingerprint density at radius 2 is 0.622 bits per heavy atom. The van der Waals surface area contributed by atoms with E-state index < -0.39 is 84.7 Å². The maximum Gasteiger partial charge on any atom is 0.247 e. The summed E-state index contributed by atoms with van der Waals surface area (Å²) in [4.78, 5) is 120. The molecular formula is C56H80N8O10. The van der Waals surface area contributed by atoms with E-state index in [0.29, 0.717) is 103 Å². The average Bonchev–Trinajstić information content (AvgIpc) is 3.44. The highest BCUT2D eigenvalue weighted by atomic mass is 16.3. The van der Waals surface area contributed by atoms with Crippen LogP contribution in [0.25, 0.3) is 0 Å². The lowest BCUT2D eigenvalue weighted by Gasteiger charge is -2.39. The number of carbonyl (C=O) groups is 8. The van der Waals surface area contributed by atoms with Gasteiger partial charge in [0.2, 0.25) is 47.3 Å². The number of amides is 8. The van der Waals surface area contributed by atoms with E-state index in [1.165, 1.54) is 9.80 Å². The van der Waals surface area contributed by atoms with Crippen LogP contribution in [0.15, 0.2) is 60.7 Å². The Hall–Kier alpha value is -5.88. The Labute approximate surface area is 436 Å². The lowest BCUT2D eigenvalue weighted by molar-refractivity contribution is -0.143. The molecule has 18 nitrogen and oxygen atoms in total. The molecule has 8 bridgehead atoms. The van der Waals surface area contributed by atoms with Crippen LogP contribution in [-0.2, 0) is 51.2 Å². The van der Waals surface area contributed by atoms with Gasteiger partial charge in [-0.15, -0.1) is 0 Å². The maximum absolute atomic E-state index is 14.6. The van der Waals surface area contributed by atoms with E-state index in [9.17, 15) is 48.6 Å². The summed E-state index contributed by atoms with van der Waals surface area (Å²) < 4.78 is 0. The first-order valence-electron chi connectivity index (χ1n) is 27.1. The standard InChI is InChI=1S/C56H80N8O10/c1-61-41-23-13-21-39(31-41)51(69)59-47(33-65)55(73)64(4)44-26-12-20-38(30-44)50(68)58-46(28-36-17-9-6-10-18-36)54(72)62(2)42-24-14-22-40(32-42)52(70)60-48(34-66)56(74)63(3)43-25-11-19-37(29-43)49(67)57-45(53(61)71)27-35-15-7-5-8-16-35/h5-10,15-18,37-48,65-66H,11-14,19-34H2,1-4H3,(H,57,67)(H,58,68)(H,59,69)(H,60,70)/t37-,38-,39-,40+,41-,42+,43+,44+,45-,46-,47-,48-/m1/s1. The fraction of sp³-hybridized carbons (Fsp3) is 0.643. The minimum atomic E-state index is -1.23. The van der Waals surface area contributed by atoms with Gasteiger partial charge >= 0.3 is 0 Å². The Morgan fingerprint density at radius 1 is 0.378 bits per heavy atom. The molecule has 404 valence electrons. The molecule has 0 spiro atoms. The predicted molar refractivity (Wildman–Crippen MR) is 276 cm³/mol. The quantitative estimate of drug-likeness (QED) is 0.247. The van der Waals surface area contributed by atoms with Crippen LogP contribution in [-0.4, -0.2) is 167 Å². The normalized spacial score (nSPS) is 32.1. The van der Waals surface area contributed by atoms with Crippen molar-refractivity contribution < 1.29 is 48.6 Å². The molecule has 5 aliphatic rings. The first kappa shape index (κ1) is 55.9. The van der Waals surface area contributed by atoms with Gasteiger partial charge in [-0.3, -0.25) is 38.4 Å². The molecule has 1 saturated heterocycles. The van der Waals surface area contributed by atoms with Crippen molar-refractivity contribution in [1.82, 2.24) is 40.9 Å². The number of fused-ring (bicyclic) bond motifs is 8. The third kappa shape index (κ3) is 13.9. The highest BCUT2D eigenvalue weighted by Gasteiger charge is 2.41. The minimum Gasteiger partial charge on any atom is -0.394 e. The molecule has 2 aromatic rings. The lowest BCUT2D eigenvalue weighted by Crippen LogP contribution is -2.57. The summed E-state index contributed by atoms with van der Waals surface area (Å²) in [6.45, 7) is -1.27. The molecule has 0 unspecified atom stereocenters. The monoisotopic (exact) mass is 1020 g/mol. The Kier molecular flexibility index (Phi) is 19.7. The van der Waals surface area contributed by atoms with Crippen LogP contribution in [0.3, 0.4) is 0 Å². The number of likely N-dealkylation sites (N-methyl/N-ethyl adjacent to an activating group) is 4. The van der Waals surface area contributed by atoms with Gasteiger partial charge in [-0.25, -0.2) is 0 Å². The van der Waals surface area contributed by atoms with E-state index in [1.54, 1.807) is 38.0 Å². The number of benzene rings is 2. The summed E-state index contributed by atoms with van der Waals surface area (Å²) in [7, 11) is 6.63. The smallest absolute Gasteiger partial charge is 0.247 e. The Morgan fingerprint density at radius 3 is 0.878 bits per heavy atom. The average molecular weight is 1030 g/mol. The second-order valence-electron chi connectivity index (χ2n) is 21.9. The van der Waals surface area contributed by atoms with Gasteiger partial charge in [0.05, 0.1) is 13.2 Å². The predicted octanol–water partition coefficient (Wildman–Crippen LogP) is 2.48. The summed E-state index contributed by atoms with van der Waals surface area (Å²) >= 11 is 0. The SMILES string of the molecule is CN1C(=O)[C@@H](CO)NC(=O)[C@@H]2CCC[C@H](C2)N(C)C(=O)[C@@H](Cc2ccccc2)NC(=O)[C@@H]2CCC[C@@H](C2)N(C)C(=O)[C@@H](CO)NC(=O)[C@H]2CCC[C@@H](C2)N(C)C(=O)[C@@H](Cc2ccccc2)NC(=O)[C@@H]2CCC[C@H]1C2. The zero-order valence-electron chi connectivity index (χ0n) is 43.8. The molecule has 7 rings (SSSR count). The number of aliphatic hydroxyl groups is 2. The fourth-order valence-electron chi connectivity index (χ4n) is 12.3. The van der Waals surface area contributed by atoms with E-state index >= 15 is 0 Å². The van der Waals surface area contributed by atoms with Crippen LogP contribution in [0.1, 0.15) is 114 Å². The van der Waals surface area contributed by atoms with Crippen molar-refractivity contribution in [3.8, 4) is 0 Å². The first-order chi connectivity index (χ1) is 35.6. The number of nitrogens with one attached hydrogen (secondary N) is 4. The van der Waals surface area contributed by atoms with Crippen molar-refractivity contribution in [3.05, 3.63) is 71.8 Å². The van der Waals surface area contributed by atoms with Crippen LogP contribution >= 0.6 is 0 Å². The van der Waals surface area contributed by atoms with Gasteiger partial charge in [-0.1, -0.05) is 86.3 Å². The minimum absolute atomic E-state index is 0.224. The molecule has 8 amide bonds. The summed E-state index contributed by atoms with van der Waals surface area (Å²) in [6.07, 6.45) is 8.79. The van der Waals surface area contributed by atoms with E-state index in [4.69, 9.17) is 0 Å². The zero-order valence-corrected chi connectivity index (χ0v) is 43.8. The van der Waals surface area contributed by atoms with Gasteiger partial charge in [-0.2, -0.15) is 0 Å². The molecule has 18 heteroatoms. The van der Waals surface area contributed by atoms with Gasteiger partial charge in [-0.05, 0) is 88.2 Å². The Balaban J connectivity index is 1.14. The number of carbonyl (C=O) groups excluding carboxylic acids is 8. The molecule has 1 aliphatic heterocycles. The molecule has 2 aromatic carbocycles. The second kappa shape index (κ2) is 26.1. The molecule has 1 heterocycles. The van der Waals surface area contributed by atoms with Crippen LogP contribution < -0.4 is 21.3 Å². The fourth-order valence-corrected chi connectivity index (χ4v) is 12.3. The van der Waals surface area contributed by atoms with Gasteiger partial charge < -0.3 is 51.1 Å². The van der Waals surface area contributed by atoms with E-state index in [0.717, 1.165) is 11.1 Å². The molecule has 4 aliphatic carbocycles. The Bertz CT molecular complexity index is 2130. The summed E-state index contributed by atoms with van der Waals surface area (Å²) in [5.74, 6) is -5.17. The molecule has 0 radical (unpaired) electrons. The van der Waals surface area contributed by atoms with Crippen molar-refractivity contribution in [1.29, 1.82) is 0 Å². The van der Waals surface area contributed by atoms with Gasteiger partial charge in [0.25, 0.3) is 0 Å². The topological polar surface area (TPSA) is 238 Å². The van der Waals surface area contributed by atoms with Crippen molar-refractivity contribution in [2.45, 2.75) is 164 Å². The van der Waals surface area contributed by atoms with Gasteiger partial charge in [0.15, 0.2) is 0 Å². The van der Waals surface area contributed by atoms with Crippen LogP contribution in [0.5, 0.6) is 0 Å². The van der Waals surface area contributed by atoms with Crippen molar-refractivity contribution in [2.24, 2.45) is 23.7 Å². The van der Waals surface area contributed by atoms with Crippen LogP contribution in [0.4, 0.5) is 0 Å². The lowest BCUT2D eigenvalue weighted by atomic mass is 9.83. The highest BCUT2D eigenvalue weighted by Crippen LogP contribution is 2.33. The summed E-state index contributed by atoms with van der Waals surface area (Å²) in [5, 5.41) is 32.9. The zero-order chi connectivity index (χ0) is 53.1. The molecule has 12 atom stereocenters. The molecule has 0 aromatic heterocycles. The third-order valence-corrected chi connectivity index (χ3v) is 17.0.